The van der Waals surface area contributed by atoms with Crippen LogP contribution in [0.2, 0.25) is 0 Å². The molecule has 1 unspecified atom stereocenters. The Morgan fingerprint density at radius 3 is 2.74 bits per heavy atom. The summed E-state index contributed by atoms with van der Waals surface area (Å²) < 4.78 is 30.7. The molecule has 0 aromatic carbocycles. The van der Waals surface area contributed by atoms with Gasteiger partial charge in [0.05, 0.1) is 6.54 Å². The second kappa shape index (κ2) is 6.07. The zero-order chi connectivity index (χ0) is 13.9. The molecule has 1 aromatic heterocycles. The molecule has 0 spiro atoms. The average Bonchev–Trinajstić information content (AvgIpc) is 3.08. The topological polar surface area (TPSA) is 71.3 Å². The SMILES string of the molecule is CCC(CC1CC1)NCc1ccc(S(=O)(=O)NC)o1. The predicted octanol–water partition coefficient (Wildman–Crippen LogP) is 1.86. The van der Waals surface area contributed by atoms with Crippen molar-refractivity contribution >= 4 is 10.0 Å². The zero-order valence-corrected chi connectivity index (χ0v) is 12.3. The lowest BCUT2D eigenvalue weighted by molar-refractivity contribution is 0.373. The summed E-state index contributed by atoms with van der Waals surface area (Å²) in [5, 5.41) is 3.40. The van der Waals surface area contributed by atoms with E-state index in [0.29, 0.717) is 18.3 Å². The van der Waals surface area contributed by atoms with Crippen molar-refractivity contribution in [2.75, 3.05) is 7.05 Å². The molecule has 2 N–H and O–H groups in total. The van der Waals surface area contributed by atoms with Crippen LogP contribution in [0.4, 0.5) is 0 Å². The molecule has 1 aromatic rings. The van der Waals surface area contributed by atoms with E-state index in [-0.39, 0.29) is 5.09 Å². The van der Waals surface area contributed by atoms with Gasteiger partial charge in [-0.1, -0.05) is 19.8 Å². The van der Waals surface area contributed by atoms with Crippen LogP contribution in [0.25, 0.3) is 0 Å². The Balaban J connectivity index is 1.88. The highest BCUT2D eigenvalue weighted by atomic mass is 32.2. The van der Waals surface area contributed by atoms with Gasteiger partial charge in [0.1, 0.15) is 5.76 Å². The van der Waals surface area contributed by atoms with Gasteiger partial charge in [0.15, 0.2) is 0 Å². The van der Waals surface area contributed by atoms with Crippen LogP contribution in [-0.4, -0.2) is 21.5 Å². The molecule has 6 heteroatoms. The fourth-order valence-electron chi connectivity index (χ4n) is 2.09. The molecule has 0 aliphatic heterocycles. The molecule has 1 heterocycles. The number of hydrogen-bond donors (Lipinski definition) is 2. The van der Waals surface area contributed by atoms with Crippen LogP contribution < -0.4 is 10.0 Å². The van der Waals surface area contributed by atoms with Crippen molar-refractivity contribution in [2.24, 2.45) is 5.92 Å². The van der Waals surface area contributed by atoms with Crippen molar-refractivity contribution in [1.29, 1.82) is 0 Å². The minimum absolute atomic E-state index is 0.0259. The summed E-state index contributed by atoms with van der Waals surface area (Å²) in [5.74, 6) is 1.54. The number of furan rings is 1. The predicted molar refractivity (Wildman–Crippen MR) is 73.2 cm³/mol. The Morgan fingerprint density at radius 1 is 1.42 bits per heavy atom. The van der Waals surface area contributed by atoms with Gasteiger partial charge in [-0.3, -0.25) is 0 Å². The van der Waals surface area contributed by atoms with Crippen LogP contribution in [0.3, 0.4) is 0 Å². The van der Waals surface area contributed by atoms with E-state index in [4.69, 9.17) is 4.42 Å². The highest BCUT2D eigenvalue weighted by Gasteiger charge is 2.24. The summed E-state index contributed by atoms with van der Waals surface area (Å²) in [4.78, 5) is 0. The van der Waals surface area contributed by atoms with E-state index >= 15 is 0 Å². The van der Waals surface area contributed by atoms with Crippen LogP contribution in [0.5, 0.6) is 0 Å². The van der Waals surface area contributed by atoms with Crippen LogP contribution in [0.1, 0.15) is 38.4 Å². The molecule has 1 fully saturated rings. The molecule has 0 bridgehead atoms. The fraction of sp³-hybridized carbons (Fsp3) is 0.692. The molecule has 0 radical (unpaired) electrons. The first-order chi connectivity index (χ1) is 9.05. The van der Waals surface area contributed by atoms with E-state index in [1.807, 2.05) is 0 Å². The average molecular weight is 286 g/mol. The van der Waals surface area contributed by atoms with Crippen LogP contribution in [-0.2, 0) is 16.6 Å². The molecule has 19 heavy (non-hydrogen) atoms. The third-order valence-corrected chi connectivity index (χ3v) is 4.83. The van der Waals surface area contributed by atoms with Gasteiger partial charge in [0.2, 0.25) is 5.09 Å². The van der Waals surface area contributed by atoms with Gasteiger partial charge >= 0.3 is 0 Å². The molecular formula is C13H22N2O3S. The summed E-state index contributed by atoms with van der Waals surface area (Å²) in [6.07, 6.45) is 4.99. The number of sulfonamides is 1. The van der Waals surface area contributed by atoms with Gasteiger partial charge in [-0.15, -0.1) is 0 Å². The fourth-order valence-corrected chi connectivity index (χ4v) is 2.76. The summed E-state index contributed by atoms with van der Waals surface area (Å²) in [6, 6.07) is 3.69. The minimum atomic E-state index is -3.47. The molecule has 108 valence electrons. The minimum Gasteiger partial charge on any atom is -0.447 e. The molecule has 2 rings (SSSR count). The third kappa shape index (κ3) is 4.06. The lowest BCUT2D eigenvalue weighted by atomic mass is 10.1. The molecular weight excluding hydrogens is 264 g/mol. The van der Waals surface area contributed by atoms with Crippen molar-refractivity contribution in [3.05, 3.63) is 17.9 Å². The molecule has 0 saturated heterocycles. The van der Waals surface area contributed by atoms with E-state index in [2.05, 4.69) is 17.0 Å². The van der Waals surface area contributed by atoms with Gasteiger partial charge < -0.3 is 9.73 Å². The van der Waals surface area contributed by atoms with E-state index in [1.165, 1.54) is 32.4 Å². The third-order valence-electron chi connectivity index (χ3n) is 3.54. The summed E-state index contributed by atoms with van der Waals surface area (Å²) in [7, 11) is -2.10. The Bertz CT molecular complexity index is 506. The van der Waals surface area contributed by atoms with Gasteiger partial charge in [-0.05, 0) is 37.9 Å². The van der Waals surface area contributed by atoms with E-state index in [0.717, 1.165) is 12.3 Å². The number of nitrogens with one attached hydrogen (secondary N) is 2. The first-order valence-corrected chi connectivity index (χ1v) is 8.29. The first-order valence-electron chi connectivity index (χ1n) is 6.80. The Hall–Kier alpha value is -0.850. The van der Waals surface area contributed by atoms with Gasteiger partial charge in [-0.2, -0.15) is 0 Å². The number of hydrogen-bond acceptors (Lipinski definition) is 4. The smallest absolute Gasteiger partial charge is 0.273 e. The Morgan fingerprint density at radius 2 is 2.16 bits per heavy atom. The molecule has 1 atom stereocenters. The summed E-state index contributed by atoms with van der Waals surface area (Å²) in [5.41, 5.74) is 0. The van der Waals surface area contributed by atoms with Gasteiger partial charge in [-0.25, -0.2) is 13.1 Å². The second-order valence-electron chi connectivity index (χ2n) is 5.09. The highest BCUT2D eigenvalue weighted by Crippen LogP contribution is 2.34. The van der Waals surface area contributed by atoms with Crippen LogP contribution >= 0.6 is 0 Å². The largest absolute Gasteiger partial charge is 0.447 e. The highest BCUT2D eigenvalue weighted by molar-refractivity contribution is 7.89. The standard InChI is InChI=1S/C13H22N2O3S/c1-3-11(8-10-4-5-10)15-9-12-6-7-13(18-12)19(16,17)14-2/h6-7,10-11,14-15H,3-5,8-9H2,1-2H3. The van der Waals surface area contributed by atoms with Crippen molar-refractivity contribution < 1.29 is 12.8 Å². The normalized spacial score (nSPS) is 17.6. The molecule has 1 aliphatic rings. The monoisotopic (exact) mass is 286 g/mol. The van der Waals surface area contributed by atoms with E-state index in [1.54, 1.807) is 6.07 Å². The van der Waals surface area contributed by atoms with Crippen molar-refractivity contribution in [2.45, 2.75) is 50.3 Å². The second-order valence-corrected chi connectivity index (χ2v) is 6.91. The van der Waals surface area contributed by atoms with E-state index < -0.39 is 10.0 Å². The quantitative estimate of drug-likeness (QED) is 0.765. The molecule has 1 aliphatic carbocycles. The Labute approximate surface area is 114 Å². The van der Waals surface area contributed by atoms with Crippen molar-refractivity contribution in [3.8, 4) is 0 Å². The zero-order valence-electron chi connectivity index (χ0n) is 11.5. The van der Waals surface area contributed by atoms with Gasteiger partial charge in [0, 0.05) is 6.04 Å². The first kappa shape index (κ1) is 14.6. The Kier molecular flexibility index (Phi) is 4.65. The van der Waals surface area contributed by atoms with E-state index in [9.17, 15) is 8.42 Å². The summed E-state index contributed by atoms with van der Waals surface area (Å²) in [6.45, 7) is 2.74. The molecule has 0 amide bonds. The maximum Gasteiger partial charge on any atom is 0.273 e. The molecule has 5 nitrogen and oxygen atoms in total. The molecule has 1 saturated carbocycles. The number of rotatable bonds is 8. The van der Waals surface area contributed by atoms with Gasteiger partial charge in [0.25, 0.3) is 10.0 Å². The van der Waals surface area contributed by atoms with Crippen molar-refractivity contribution in [3.63, 3.8) is 0 Å². The van der Waals surface area contributed by atoms with Crippen LogP contribution in [0, 0.1) is 5.92 Å². The maximum atomic E-state index is 11.5. The maximum absolute atomic E-state index is 11.5. The van der Waals surface area contributed by atoms with Crippen molar-refractivity contribution in [1.82, 2.24) is 10.0 Å². The lowest BCUT2D eigenvalue weighted by Gasteiger charge is -2.15. The summed E-state index contributed by atoms with van der Waals surface area (Å²) >= 11 is 0. The lowest BCUT2D eigenvalue weighted by Crippen LogP contribution is -2.28. The van der Waals surface area contributed by atoms with Crippen LogP contribution in [0.15, 0.2) is 21.6 Å².